The average molecular weight is 442 g/mol. The molecule has 0 unspecified atom stereocenters. The number of fused-ring (bicyclic) bond motifs is 1. The van der Waals surface area contributed by atoms with E-state index in [1.165, 1.54) is 11.3 Å². The fourth-order valence-corrected chi connectivity index (χ4v) is 4.75. The minimum Gasteiger partial charge on any atom is -0.367 e. The molecule has 4 rings (SSSR count). The third kappa shape index (κ3) is 4.06. The van der Waals surface area contributed by atoms with E-state index in [2.05, 4.69) is 15.4 Å². The van der Waals surface area contributed by atoms with Crippen LogP contribution >= 0.6 is 11.3 Å². The largest absolute Gasteiger partial charge is 0.410 e. The van der Waals surface area contributed by atoms with Gasteiger partial charge in [0.25, 0.3) is 5.91 Å². The minimum absolute atomic E-state index is 0.0337. The Morgan fingerprint density at radius 1 is 1.23 bits per heavy atom. The maximum atomic E-state index is 13.8. The van der Waals surface area contributed by atoms with Crippen molar-refractivity contribution in [1.82, 2.24) is 19.7 Å². The van der Waals surface area contributed by atoms with Crippen LogP contribution in [-0.4, -0.2) is 50.9 Å². The Kier molecular flexibility index (Phi) is 5.32. The van der Waals surface area contributed by atoms with Gasteiger partial charge in [0.2, 0.25) is 0 Å². The van der Waals surface area contributed by atoms with E-state index in [1.807, 2.05) is 20.8 Å². The molecular formula is C20H26F3N5OS. The minimum atomic E-state index is -4.35. The second kappa shape index (κ2) is 7.55. The number of carbonyl (C=O) groups excluding carboxylic acids is 1. The van der Waals surface area contributed by atoms with Crippen molar-refractivity contribution < 1.29 is 18.0 Å². The van der Waals surface area contributed by atoms with Crippen molar-refractivity contribution in [1.29, 1.82) is 0 Å². The molecule has 30 heavy (non-hydrogen) atoms. The van der Waals surface area contributed by atoms with Crippen LogP contribution < -0.4 is 5.32 Å². The van der Waals surface area contributed by atoms with Crippen molar-refractivity contribution >= 4 is 23.1 Å². The highest BCUT2D eigenvalue weighted by molar-refractivity contribution is 7.07. The van der Waals surface area contributed by atoms with E-state index in [0.29, 0.717) is 43.1 Å². The van der Waals surface area contributed by atoms with Crippen LogP contribution in [0.1, 0.15) is 68.2 Å². The number of nitrogens with zero attached hydrogens (tertiary/aromatic N) is 4. The molecule has 0 bridgehead atoms. The monoisotopic (exact) mass is 441 g/mol. The third-order valence-electron chi connectivity index (χ3n) is 6.11. The lowest BCUT2D eigenvalue weighted by atomic mass is 9.82. The molecule has 10 heteroatoms. The van der Waals surface area contributed by atoms with Crippen LogP contribution in [0.5, 0.6) is 0 Å². The van der Waals surface area contributed by atoms with Gasteiger partial charge >= 0.3 is 6.18 Å². The fraction of sp³-hybridized carbons (Fsp3) is 0.650. The van der Waals surface area contributed by atoms with Crippen LogP contribution in [0.3, 0.4) is 0 Å². The standard InChI is InChI=1S/C20H26F3N5OS/c1-19(2,3)15-9-16(20(21,22)23)28-17(25-15)8-13(26-28)12-4-6-27(7-5-12)18(29)14-10-30-11-24-14/h8,10-12,15-16,25H,4-7,9H2,1-3H3/t15-,16+/m0/s1. The number of aromatic nitrogens is 3. The van der Waals surface area contributed by atoms with Crippen LogP contribution in [0.4, 0.5) is 19.0 Å². The van der Waals surface area contributed by atoms with Gasteiger partial charge in [-0.25, -0.2) is 9.67 Å². The summed E-state index contributed by atoms with van der Waals surface area (Å²) in [6, 6.07) is -0.157. The van der Waals surface area contributed by atoms with Crippen LogP contribution in [-0.2, 0) is 0 Å². The summed E-state index contributed by atoms with van der Waals surface area (Å²) in [7, 11) is 0. The first-order valence-corrected chi connectivity index (χ1v) is 11.1. The van der Waals surface area contributed by atoms with Crippen molar-refractivity contribution in [2.24, 2.45) is 5.41 Å². The predicted molar refractivity (Wildman–Crippen MR) is 109 cm³/mol. The average Bonchev–Trinajstić information content (AvgIpc) is 3.35. The van der Waals surface area contributed by atoms with E-state index in [9.17, 15) is 18.0 Å². The second-order valence-corrected chi connectivity index (χ2v) is 9.91. The lowest BCUT2D eigenvalue weighted by molar-refractivity contribution is -0.175. The number of hydrogen-bond acceptors (Lipinski definition) is 5. The van der Waals surface area contributed by atoms with Gasteiger partial charge in [-0.15, -0.1) is 11.3 Å². The summed E-state index contributed by atoms with van der Waals surface area (Å²) in [5.74, 6) is 0.372. The number of alkyl halides is 3. The number of carbonyl (C=O) groups is 1. The number of likely N-dealkylation sites (tertiary alicyclic amines) is 1. The Morgan fingerprint density at radius 2 is 1.93 bits per heavy atom. The topological polar surface area (TPSA) is 63.1 Å². The maximum Gasteiger partial charge on any atom is 0.410 e. The molecular weight excluding hydrogens is 415 g/mol. The SMILES string of the molecule is CC(C)(C)[C@@H]1C[C@H](C(F)(F)F)n2nc(C3CCN(C(=O)c4cscn4)CC3)cc2N1. The molecule has 0 spiro atoms. The zero-order valence-electron chi connectivity index (χ0n) is 17.2. The molecule has 6 nitrogen and oxygen atoms in total. The number of halogens is 3. The first-order valence-electron chi connectivity index (χ1n) is 10.1. The molecule has 2 aliphatic heterocycles. The quantitative estimate of drug-likeness (QED) is 0.734. The molecule has 0 aliphatic carbocycles. The van der Waals surface area contributed by atoms with Gasteiger partial charge in [-0.2, -0.15) is 18.3 Å². The van der Waals surface area contributed by atoms with Crippen LogP contribution in [0.15, 0.2) is 17.0 Å². The zero-order valence-corrected chi connectivity index (χ0v) is 18.1. The van der Waals surface area contributed by atoms with E-state index in [4.69, 9.17) is 0 Å². The Labute approximate surface area is 177 Å². The molecule has 2 aromatic heterocycles. The van der Waals surface area contributed by atoms with Crippen molar-refractivity contribution in [3.63, 3.8) is 0 Å². The van der Waals surface area contributed by atoms with Crippen molar-refractivity contribution in [2.45, 2.75) is 64.2 Å². The number of hydrogen-bond donors (Lipinski definition) is 1. The van der Waals surface area contributed by atoms with Crippen LogP contribution in [0.2, 0.25) is 0 Å². The second-order valence-electron chi connectivity index (χ2n) is 9.20. The van der Waals surface area contributed by atoms with E-state index in [0.717, 1.165) is 4.68 Å². The number of nitrogens with one attached hydrogen (secondary N) is 1. The third-order valence-corrected chi connectivity index (χ3v) is 6.69. The number of anilines is 1. The van der Waals surface area contributed by atoms with Crippen LogP contribution in [0.25, 0.3) is 0 Å². The Hall–Kier alpha value is -2.10. The van der Waals surface area contributed by atoms with E-state index in [1.54, 1.807) is 21.9 Å². The van der Waals surface area contributed by atoms with E-state index >= 15 is 0 Å². The molecule has 2 aromatic rings. The summed E-state index contributed by atoms with van der Waals surface area (Å²) < 4.78 is 42.4. The van der Waals surface area contributed by atoms with Crippen molar-refractivity contribution in [3.8, 4) is 0 Å². The molecule has 0 saturated carbocycles. The van der Waals surface area contributed by atoms with Gasteiger partial charge in [-0.3, -0.25) is 4.79 Å². The molecule has 0 aromatic carbocycles. The normalized spacial score (nSPS) is 23.2. The number of piperidine rings is 1. The molecule has 1 N–H and O–H groups in total. The fourth-order valence-electron chi connectivity index (χ4n) is 4.22. The molecule has 0 radical (unpaired) electrons. The van der Waals surface area contributed by atoms with Gasteiger partial charge in [-0.05, 0) is 24.7 Å². The smallest absolute Gasteiger partial charge is 0.367 e. The Morgan fingerprint density at radius 3 is 2.50 bits per heavy atom. The highest BCUT2D eigenvalue weighted by Gasteiger charge is 2.48. The van der Waals surface area contributed by atoms with Crippen molar-refractivity contribution in [3.05, 3.63) is 28.3 Å². The zero-order chi connectivity index (χ0) is 21.7. The van der Waals surface area contributed by atoms with Gasteiger partial charge in [0.05, 0.1) is 11.2 Å². The van der Waals surface area contributed by atoms with Gasteiger partial charge in [0.1, 0.15) is 11.5 Å². The summed E-state index contributed by atoms with van der Waals surface area (Å²) in [6.07, 6.45) is -3.05. The highest BCUT2D eigenvalue weighted by Crippen LogP contribution is 2.44. The van der Waals surface area contributed by atoms with Crippen LogP contribution in [0, 0.1) is 5.41 Å². The predicted octanol–water partition coefficient (Wildman–Crippen LogP) is 4.69. The van der Waals surface area contributed by atoms with Gasteiger partial charge in [0.15, 0.2) is 6.04 Å². The Balaban J connectivity index is 1.51. The van der Waals surface area contributed by atoms with E-state index < -0.39 is 12.2 Å². The summed E-state index contributed by atoms with van der Waals surface area (Å²) in [5.41, 5.74) is 2.44. The molecule has 1 fully saturated rings. The van der Waals surface area contributed by atoms with Gasteiger partial charge in [0, 0.05) is 36.5 Å². The summed E-state index contributed by atoms with van der Waals surface area (Å²) in [5, 5.41) is 9.38. The molecule has 2 aliphatic rings. The van der Waals surface area contributed by atoms with Crippen molar-refractivity contribution in [2.75, 3.05) is 18.4 Å². The summed E-state index contributed by atoms with van der Waals surface area (Å²) in [4.78, 5) is 18.3. The number of amides is 1. The molecule has 1 saturated heterocycles. The molecule has 1 amide bonds. The molecule has 164 valence electrons. The first-order chi connectivity index (χ1) is 14.0. The highest BCUT2D eigenvalue weighted by atomic mass is 32.1. The lowest BCUT2D eigenvalue weighted by Gasteiger charge is -2.39. The molecule has 2 atom stereocenters. The number of thiazole rings is 1. The van der Waals surface area contributed by atoms with E-state index in [-0.39, 0.29) is 29.7 Å². The lowest BCUT2D eigenvalue weighted by Crippen LogP contribution is -2.44. The Bertz CT molecular complexity index is 895. The summed E-state index contributed by atoms with van der Waals surface area (Å²) in [6.45, 7) is 6.92. The summed E-state index contributed by atoms with van der Waals surface area (Å²) >= 11 is 1.38. The number of rotatable bonds is 2. The molecule has 4 heterocycles. The van der Waals surface area contributed by atoms with Gasteiger partial charge in [-0.1, -0.05) is 20.8 Å². The maximum absolute atomic E-state index is 13.8. The first kappa shape index (κ1) is 21.1. The van der Waals surface area contributed by atoms with Gasteiger partial charge < -0.3 is 10.2 Å².